The summed E-state index contributed by atoms with van der Waals surface area (Å²) in [4.78, 5) is 24.1. The number of carbonyl (C=O) groups excluding carboxylic acids is 1. The second-order valence-corrected chi connectivity index (χ2v) is 4.75. The highest BCUT2D eigenvalue weighted by atomic mass is 16.4. The summed E-state index contributed by atoms with van der Waals surface area (Å²) < 4.78 is 0. The molecule has 98 valence electrons. The Hall–Kier alpha value is -1.10. The molecular weight excluding hydrogens is 220 g/mol. The Bertz CT molecular complexity index is 277. The molecule has 0 spiro atoms. The summed E-state index contributed by atoms with van der Waals surface area (Å²) in [6, 6.07) is 0. The Kier molecular flexibility index (Phi) is 5.41. The number of nitrogens with one attached hydrogen (secondary N) is 1. The van der Waals surface area contributed by atoms with Crippen LogP contribution in [-0.2, 0) is 9.59 Å². The summed E-state index contributed by atoms with van der Waals surface area (Å²) in [6.07, 6.45) is 2.52. The lowest BCUT2D eigenvalue weighted by Crippen LogP contribution is -2.42. The van der Waals surface area contributed by atoms with E-state index in [9.17, 15) is 9.59 Å². The molecule has 0 aromatic carbocycles. The van der Waals surface area contributed by atoms with E-state index in [1.165, 1.54) is 12.8 Å². The standard InChI is InChI=1S/C12H22N2O3/c1-3-14(8-9(2)12(16)17)11(15)7-13-6-10-4-5-10/h9-10,13H,3-8H2,1-2H3,(H,16,17). The van der Waals surface area contributed by atoms with Gasteiger partial charge in [-0.2, -0.15) is 0 Å². The zero-order valence-corrected chi connectivity index (χ0v) is 10.6. The minimum Gasteiger partial charge on any atom is -0.481 e. The van der Waals surface area contributed by atoms with E-state index in [0.717, 1.165) is 12.5 Å². The van der Waals surface area contributed by atoms with E-state index in [1.807, 2.05) is 6.92 Å². The van der Waals surface area contributed by atoms with Crippen LogP contribution in [0.4, 0.5) is 0 Å². The van der Waals surface area contributed by atoms with Crippen molar-refractivity contribution in [1.82, 2.24) is 10.2 Å². The van der Waals surface area contributed by atoms with Crippen molar-refractivity contribution in [2.24, 2.45) is 11.8 Å². The van der Waals surface area contributed by atoms with Crippen molar-refractivity contribution in [2.45, 2.75) is 26.7 Å². The van der Waals surface area contributed by atoms with Gasteiger partial charge in [0.1, 0.15) is 0 Å². The summed E-state index contributed by atoms with van der Waals surface area (Å²) in [6.45, 7) is 5.55. The summed E-state index contributed by atoms with van der Waals surface area (Å²) >= 11 is 0. The van der Waals surface area contributed by atoms with Gasteiger partial charge in [-0.1, -0.05) is 6.92 Å². The van der Waals surface area contributed by atoms with Gasteiger partial charge in [-0.25, -0.2) is 0 Å². The second kappa shape index (κ2) is 6.59. The molecule has 5 heteroatoms. The van der Waals surface area contributed by atoms with Crippen LogP contribution in [0, 0.1) is 11.8 Å². The summed E-state index contributed by atoms with van der Waals surface area (Å²) in [5.41, 5.74) is 0. The molecular formula is C12H22N2O3. The van der Waals surface area contributed by atoms with Crippen LogP contribution in [0.15, 0.2) is 0 Å². The molecule has 0 saturated heterocycles. The van der Waals surface area contributed by atoms with Crippen molar-refractivity contribution in [1.29, 1.82) is 0 Å². The number of hydrogen-bond donors (Lipinski definition) is 2. The van der Waals surface area contributed by atoms with E-state index in [0.29, 0.717) is 13.1 Å². The average Bonchev–Trinajstić information content (AvgIpc) is 3.09. The normalized spacial score (nSPS) is 16.6. The van der Waals surface area contributed by atoms with Crippen molar-refractivity contribution in [3.63, 3.8) is 0 Å². The van der Waals surface area contributed by atoms with E-state index < -0.39 is 11.9 Å². The Morgan fingerprint density at radius 2 is 2.12 bits per heavy atom. The number of carboxylic acid groups (broad SMARTS) is 1. The van der Waals surface area contributed by atoms with Gasteiger partial charge in [0, 0.05) is 13.1 Å². The third-order valence-corrected chi connectivity index (χ3v) is 3.06. The van der Waals surface area contributed by atoms with Gasteiger partial charge in [0.05, 0.1) is 12.5 Å². The largest absolute Gasteiger partial charge is 0.481 e. The lowest BCUT2D eigenvalue weighted by Gasteiger charge is -2.23. The van der Waals surface area contributed by atoms with E-state index in [-0.39, 0.29) is 12.5 Å². The molecule has 1 aliphatic carbocycles. The molecule has 5 nitrogen and oxygen atoms in total. The molecule has 0 bridgehead atoms. The monoisotopic (exact) mass is 242 g/mol. The molecule has 1 rings (SSSR count). The van der Waals surface area contributed by atoms with E-state index >= 15 is 0 Å². The zero-order valence-electron chi connectivity index (χ0n) is 10.6. The Labute approximate surface area is 102 Å². The van der Waals surface area contributed by atoms with Gasteiger partial charge in [-0.3, -0.25) is 9.59 Å². The molecule has 2 N–H and O–H groups in total. The van der Waals surface area contributed by atoms with Crippen LogP contribution in [-0.4, -0.2) is 48.1 Å². The van der Waals surface area contributed by atoms with E-state index in [4.69, 9.17) is 5.11 Å². The first kappa shape index (κ1) is 14.0. The van der Waals surface area contributed by atoms with Crippen molar-refractivity contribution < 1.29 is 14.7 Å². The predicted octanol–water partition coefficient (Wildman–Crippen LogP) is 0.555. The summed E-state index contributed by atoms with van der Waals surface area (Å²) in [7, 11) is 0. The van der Waals surface area contributed by atoms with Gasteiger partial charge in [0.2, 0.25) is 5.91 Å². The maximum Gasteiger partial charge on any atom is 0.308 e. The molecule has 0 heterocycles. The minimum absolute atomic E-state index is 0.0127. The topological polar surface area (TPSA) is 69.6 Å². The van der Waals surface area contributed by atoms with Gasteiger partial charge in [0.25, 0.3) is 0 Å². The van der Waals surface area contributed by atoms with Crippen molar-refractivity contribution in [3.8, 4) is 0 Å². The molecule has 1 amide bonds. The van der Waals surface area contributed by atoms with Gasteiger partial charge < -0.3 is 15.3 Å². The maximum absolute atomic E-state index is 11.8. The van der Waals surface area contributed by atoms with Gasteiger partial charge in [-0.15, -0.1) is 0 Å². The molecule has 1 unspecified atom stereocenters. The number of nitrogens with zero attached hydrogens (tertiary/aromatic N) is 1. The van der Waals surface area contributed by atoms with Gasteiger partial charge >= 0.3 is 5.97 Å². The van der Waals surface area contributed by atoms with Crippen LogP contribution in [0.2, 0.25) is 0 Å². The van der Waals surface area contributed by atoms with Crippen molar-refractivity contribution in [2.75, 3.05) is 26.2 Å². The minimum atomic E-state index is -0.859. The lowest BCUT2D eigenvalue weighted by atomic mass is 10.1. The van der Waals surface area contributed by atoms with Crippen LogP contribution in [0.25, 0.3) is 0 Å². The summed E-state index contributed by atoms with van der Waals surface area (Å²) in [5.74, 6) is -0.637. The van der Waals surface area contributed by atoms with Crippen LogP contribution < -0.4 is 5.32 Å². The molecule has 1 saturated carbocycles. The highest BCUT2D eigenvalue weighted by molar-refractivity contribution is 5.79. The fourth-order valence-electron chi connectivity index (χ4n) is 1.63. The van der Waals surface area contributed by atoms with Crippen LogP contribution >= 0.6 is 0 Å². The molecule has 0 aromatic heterocycles. The maximum atomic E-state index is 11.8. The first-order chi connectivity index (χ1) is 8.04. The number of rotatable bonds is 8. The second-order valence-electron chi connectivity index (χ2n) is 4.75. The Morgan fingerprint density at radius 1 is 1.47 bits per heavy atom. The van der Waals surface area contributed by atoms with E-state index in [1.54, 1.807) is 11.8 Å². The Balaban J connectivity index is 2.26. The number of amides is 1. The summed E-state index contributed by atoms with van der Waals surface area (Å²) in [5, 5.41) is 11.9. The fraction of sp³-hybridized carbons (Fsp3) is 0.833. The molecule has 0 aliphatic heterocycles. The molecule has 1 atom stereocenters. The quantitative estimate of drug-likeness (QED) is 0.652. The SMILES string of the molecule is CCN(CC(C)C(=O)O)C(=O)CNCC1CC1. The highest BCUT2D eigenvalue weighted by Crippen LogP contribution is 2.27. The highest BCUT2D eigenvalue weighted by Gasteiger charge is 2.22. The molecule has 1 aliphatic rings. The van der Waals surface area contributed by atoms with Crippen LogP contribution in [0.3, 0.4) is 0 Å². The predicted molar refractivity (Wildman–Crippen MR) is 64.6 cm³/mol. The van der Waals surface area contributed by atoms with Crippen LogP contribution in [0.1, 0.15) is 26.7 Å². The zero-order chi connectivity index (χ0) is 12.8. The van der Waals surface area contributed by atoms with E-state index in [2.05, 4.69) is 5.32 Å². The third kappa shape index (κ3) is 5.17. The lowest BCUT2D eigenvalue weighted by molar-refractivity contribution is -0.142. The number of carbonyl (C=O) groups is 2. The number of hydrogen-bond acceptors (Lipinski definition) is 3. The smallest absolute Gasteiger partial charge is 0.308 e. The number of likely N-dealkylation sites (N-methyl/N-ethyl adjacent to an activating group) is 1. The van der Waals surface area contributed by atoms with Gasteiger partial charge in [-0.05, 0) is 32.2 Å². The number of carboxylic acids is 1. The Morgan fingerprint density at radius 3 is 2.59 bits per heavy atom. The van der Waals surface area contributed by atoms with Crippen molar-refractivity contribution in [3.05, 3.63) is 0 Å². The molecule has 0 aromatic rings. The molecule has 17 heavy (non-hydrogen) atoms. The average molecular weight is 242 g/mol. The van der Waals surface area contributed by atoms with Gasteiger partial charge in [0.15, 0.2) is 0 Å². The molecule has 0 radical (unpaired) electrons. The first-order valence-corrected chi connectivity index (χ1v) is 6.25. The number of aliphatic carboxylic acids is 1. The molecule has 1 fully saturated rings. The van der Waals surface area contributed by atoms with Crippen LogP contribution in [0.5, 0.6) is 0 Å². The first-order valence-electron chi connectivity index (χ1n) is 6.25. The third-order valence-electron chi connectivity index (χ3n) is 3.06. The fourth-order valence-corrected chi connectivity index (χ4v) is 1.63. The van der Waals surface area contributed by atoms with Crippen molar-refractivity contribution >= 4 is 11.9 Å².